The van der Waals surface area contributed by atoms with Gasteiger partial charge in [0.1, 0.15) is 12.1 Å². The topological polar surface area (TPSA) is 72.8 Å². The van der Waals surface area contributed by atoms with Gasteiger partial charge < -0.3 is 14.9 Å². The van der Waals surface area contributed by atoms with E-state index < -0.39 is 6.10 Å². The molecule has 0 aliphatic carbocycles. The molecule has 2 aliphatic rings. The summed E-state index contributed by atoms with van der Waals surface area (Å²) in [6.45, 7) is 3.85. The summed E-state index contributed by atoms with van der Waals surface area (Å²) in [5.41, 5.74) is 1.43. The van der Waals surface area contributed by atoms with Gasteiger partial charge in [0.2, 0.25) is 0 Å². The van der Waals surface area contributed by atoms with Crippen LogP contribution >= 0.6 is 23.2 Å². The van der Waals surface area contributed by atoms with Gasteiger partial charge in [-0.2, -0.15) is 0 Å². The van der Waals surface area contributed by atoms with E-state index in [4.69, 9.17) is 23.2 Å². The number of amides is 1. The Morgan fingerprint density at radius 1 is 0.938 bits per heavy atom. The maximum absolute atomic E-state index is 12.8. The third kappa shape index (κ3) is 4.13. The first kappa shape index (κ1) is 21.4. The smallest absolute Gasteiger partial charge is 0.253 e. The lowest BCUT2D eigenvalue weighted by atomic mass is 10.1. The third-order valence-electron chi connectivity index (χ3n) is 6.30. The molecule has 2 saturated heterocycles. The van der Waals surface area contributed by atoms with Crippen molar-refractivity contribution in [3.8, 4) is 0 Å². The zero-order valence-electron chi connectivity index (χ0n) is 17.4. The van der Waals surface area contributed by atoms with E-state index in [0.29, 0.717) is 41.8 Å². The molecule has 0 unspecified atom stereocenters. The first-order valence-corrected chi connectivity index (χ1v) is 11.4. The van der Waals surface area contributed by atoms with Crippen molar-refractivity contribution in [3.05, 3.63) is 64.4 Å². The van der Waals surface area contributed by atoms with Crippen LogP contribution in [0.1, 0.15) is 10.4 Å². The van der Waals surface area contributed by atoms with Gasteiger partial charge >= 0.3 is 0 Å². The van der Waals surface area contributed by atoms with Gasteiger partial charge in [-0.15, -0.1) is 0 Å². The second-order valence-corrected chi connectivity index (χ2v) is 9.11. The molecule has 2 fully saturated rings. The lowest BCUT2D eigenvalue weighted by Gasteiger charge is -2.38. The van der Waals surface area contributed by atoms with E-state index in [1.807, 2.05) is 23.1 Å². The fourth-order valence-corrected chi connectivity index (χ4v) is 4.89. The molecule has 2 aliphatic heterocycles. The van der Waals surface area contributed by atoms with Crippen molar-refractivity contribution in [1.82, 2.24) is 19.8 Å². The summed E-state index contributed by atoms with van der Waals surface area (Å²) in [5, 5.41) is 13.0. The molecule has 9 heteroatoms. The van der Waals surface area contributed by atoms with Gasteiger partial charge in [-0.05, 0) is 42.5 Å². The van der Waals surface area contributed by atoms with Crippen molar-refractivity contribution >= 4 is 45.8 Å². The van der Waals surface area contributed by atoms with E-state index in [2.05, 4.69) is 19.8 Å². The Balaban J connectivity index is 1.25. The molecule has 166 valence electrons. The highest BCUT2D eigenvalue weighted by Gasteiger charge is 2.38. The van der Waals surface area contributed by atoms with Crippen LogP contribution in [0.3, 0.4) is 0 Å². The Labute approximate surface area is 196 Å². The number of hydrogen-bond acceptors (Lipinski definition) is 6. The Morgan fingerprint density at radius 3 is 2.41 bits per heavy atom. The van der Waals surface area contributed by atoms with Crippen LogP contribution in [0, 0.1) is 0 Å². The Kier molecular flexibility index (Phi) is 5.90. The number of carbonyl (C=O) groups excluding carboxylic acids is 1. The second-order valence-electron chi connectivity index (χ2n) is 8.23. The number of piperazine rings is 1. The molecule has 0 saturated carbocycles. The molecule has 32 heavy (non-hydrogen) atoms. The van der Waals surface area contributed by atoms with Crippen LogP contribution in [0.25, 0.3) is 10.9 Å². The second kappa shape index (κ2) is 8.83. The number of β-amino-alcohol motifs (C(OH)–C–C–N with tert-alkyl or cyclic N) is 1. The largest absolute Gasteiger partial charge is 0.390 e. The summed E-state index contributed by atoms with van der Waals surface area (Å²) < 4.78 is 0. The molecule has 0 bridgehead atoms. The number of benzene rings is 2. The molecule has 2 atom stereocenters. The average molecular weight is 472 g/mol. The summed E-state index contributed by atoms with van der Waals surface area (Å²) >= 11 is 12.0. The van der Waals surface area contributed by atoms with Crippen molar-refractivity contribution in [1.29, 1.82) is 0 Å². The Bertz CT molecular complexity index is 1130. The van der Waals surface area contributed by atoms with Crippen LogP contribution in [-0.2, 0) is 0 Å². The Morgan fingerprint density at radius 2 is 1.66 bits per heavy atom. The number of nitrogens with zero attached hydrogens (tertiary/aromatic N) is 5. The number of aliphatic hydroxyl groups excluding tert-OH is 1. The summed E-state index contributed by atoms with van der Waals surface area (Å²) in [6, 6.07) is 12.6. The zero-order chi connectivity index (χ0) is 22.2. The number of carbonyl (C=O) groups is 1. The molecule has 1 amide bonds. The van der Waals surface area contributed by atoms with Crippen LogP contribution in [0.2, 0.25) is 10.0 Å². The number of anilines is 1. The lowest BCUT2D eigenvalue weighted by molar-refractivity contribution is 0.0376. The zero-order valence-corrected chi connectivity index (χ0v) is 18.9. The minimum absolute atomic E-state index is 0.0138. The van der Waals surface area contributed by atoms with E-state index in [-0.39, 0.29) is 11.9 Å². The van der Waals surface area contributed by atoms with Crippen LogP contribution in [0.15, 0.2) is 48.8 Å². The SMILES string of the molecule is O=C(c1ccc(Cl)cc1)N1CCN([C@@H]2CN(c3ncnc4cc(Cl)ccc34)C[C@H]2O)CC1. The van der Waals surface area contributed by atoms with Crippen molar-refractivity contribution in [2.45, 2.75) is 12.1 Å². The number of rotatable bonds is 3. The van der Waals surface area contributed by atoms with E-state index in [1.54, 1.807) is 24.3 Å². The number of aromatic nitrogens is 2. The van der Waals surface area contributed by atoms with Gasteiger partial charge in [-0.1, -0.05) is 23.2 Å². The molecule has 0 radical (unpaired) electrons. The number of halogens is 2. The number of hydrogen-bond donors (Lipinski definition) is 1. The fourth-order valence-electron chi connectivity index (χ4n) is 4.60. The maximum atomic E-state index is 12.8. The quantitative estimate of drug-likeness (QED) is 0.632. The van der Waals surface area contributed by atoms with E-state index in [0.717, 1.165) is 29.8 Å². The van der Waals surface area contributed by atoms with E-state index >= 15 is 0 Å². The molecule has 2 aromatic carbocycles. The minimum Gasteiger partial charge on any atom is -0.390 e. The van der Waals surface area contributed by atoms with Crippen LogP contribution in [-0.4, -0.2) is 82.2 Å². The highest BCUT2D eigenvalue weighted by molar-refractivity contribution is 6.31. The van der Waals surface area contributed by atoms with E-state index in [1.165, 1.54) is 6.33 Å². The third-order valence-corrected chi connectivity index (χ3v) is 6.78. The molecule has 3 aromatic rings. The van der Waals surface area contributed by atoms with Gasteiger partial charge in [0.05, 0.1) is 17.7 Å². The van der Waals surface area contributed by atoms with Crippen molar-refractivity contribution < 1.29 is 9.90 Å². The molecule has 3 heterocycles. The van der Waals surface area contributed by atoms with E-state index in [9.17, 15) is 9.90 Å². The van der Waals surface area contributed by atoms with Crippen LogP contribution in [0.4, 0.5) is 5.82 Å². The normalized spacial score (nSPS) is 22.0. The average Bonchev–Trinajstić information content (AvgIpc) is 3.20. The summed E-state index contributed by atoms with van der Waals surface area (Å²) in [4.78, 5) is 27.8. The van der Waals surface area contributed by atoms with Gasteiger partial charge in [0, 0.05) is 60.3 Å². The standard InChI is InChI=1S/C23H23Cl2N5O2/c24-16-3-1-15(2-4-16)23(32)29-9-7-28(8-10-29)20-12-30(13-21(20)31)22-18-6-5-17(25)11-19(18)26-14-27-22/h1-6,11,14,20-21,31H,7-10,12-13H2/t20-,21-/m1/s1. The number of fused-ring (bicyclic) bond motifs is 1. The Hall–Kier alpha value is -2.45. The maximum Gasteiger partial charge on any atom is 0.253 e. The molecular weight excluding hydrogens is 449 g/mol. The van der Waals surface area contributed by atoms with Crippen LogP contribution in [0.5, 0.6) is 0 Å². The van der Waals surface area contributed by atoms with Crippen molar-refractivity contribution in [2.24, 2.45) is 0 Å². The molecule has 1 N–H and O–H groups in total. The molecule has 7 nitrogen and oxygen atoms in total. The van der Waals surface area contributed by atoms with Gasteiger partial charge in [0.15, 0.2) is 0 Å². The highest BCUT2D eigenvalue weighted by Crippen LogP contribution is 2.29. The highest BCUT2D eigenvalue weighted by atomic mass is 35.5. The van der Waals surface area contributed by atoms with Gasteiger partial charge in [-0.25, -0.2) is 9.97 Å². The molecule has 5 rings (SSSR count). The van der Waals surface area contributed by atoms with Crippen molar-refractivity contribution in [2.75, 3.05) is 44.2 Å². The molecule has 1 aromatic heterocycles. The summed E-state index contributed by atoms with van der Waals surface area (Å²) in [6.07, 6.45) is 1.04. The summed E-state index contributed by atoms with van der Waals surface area (Å²) in [5.74, 6) is 0.825. The predicted molar refractivity (Wildman–Crippen MR) is 125 cm³/mol. The van der Waals surface area contributed by atoms with Gasteiger partial charge in [-0.3, -0.25) is 9.69 Å². The van der Waals surface area contributed by atoms with Gasteiger partial charge in [0.25, 0.3) is 5.91 Å². The fraction of sp³-hybridized carbons (Fsp3) is 0.348. The minimum atomic E-state index is -0.495. The van der Waals surface area contributed by atoms with Crippen molar-refractivity contribution in [3.63, 3.8) is 0 Å². The molecule has 0 spiro atoms. The first-order chi connectivity index (χ1) is 15.5. The number of aliphatic hydroxyl groups is 1. The monoisotopic (exact) mass is 471 g/mol. The predicted octanol–water partition coefficient (Wildman–Crippen LogP) is 2.94. The first-order valence-electron chi connectivity index (χ1n) is 10.6. The lowest BCUT2D eigenvalue weighted by Crippen LogP contribution is -2.54. The molecular formula is C23H23Cl2N5O2. The summed E-state index contributed by atoms with van der Waals surface area (Å²) in [7, 11) is 0. The van der Waals surface area contributed by atoms with Crippen LogP contribution < -0.4 is 4.90 Å².